The van der Waals surface area contributed by atoms with E-state index in [2.05, 4.69) is 4.98 Å². The molecule has 0 bridgehead atoms. The molecule has 0 aliphatic heterocycles. The van der Waals surface area contributed by atoms with Gasteiger partial charge in [0.05, 0.1) is 17.7 Å². The minimum Gasteiger partial charge on any atom is -0.507 e. The van der Waals surface area contributed by atoms with E-state index in [1.54, 1.807) is 25.1 Å². The smallest absolute Gasteiger partial charge is 0.340 e. The van der Waals surface area contributed by atoms with Crippen LogP contribution in [0.1, 0.15) is 17.3 Å². The predicted molar refractivity (Wildman–Crippen MR) is 59.4 cm³/mol. The average molecular weight is 217 g/mol. The molecule has 2 aromatic rings. The van der Waals surface area contributed by atoms with Crippen LogP contribution >= 0.6 is 0 Å². The Bertz CT molecular complexity index is 537. The quantitative estimate of drug-likeness (QED) is 0.783. The number of aromatic nitrogens is 1. The molecule has 16 heavy (non-hydrogen) atoms. The third-order valence-corrected chi connectivity index (χ3v) is 2.24. The number of hydrogen-bond donors (Lipinski definition) is 1. The Morgan fingerprint density at radius 1 is 1.44 bits per heavy atom. The van der Waals surface area contributed by atoms with E-state index in [1.165, 1.54) is 12.3 Å². The van der Waals surface area contributed by atoms with E-state index in [-0.39, 0.29) is 5.75 Å². The molecule has 1 aromatic heterocycles. The minimum atomic E-state index is -0.425. The van der Waals surface area contributed by atoms with Crippen LogP contribution in [0.15, 0.2) is 30.5 Å². The molecular formula is C12H11NO3. The Labute approximate surface area is 92.5 Å². The molecule has 0 saturated carbocycles. The molecule has 0 atom stereocenters. The van der Waals surface area contributed by atoms with Gasteiger partial charge in [0.2, 0.25) is 0 Å². The molecule has 0 radical (unpaired) electrons. The standard InChI is InChI=1S/C12H11NO3/c1-2-16-12(15)9-5-3-4-8-10(14)6-7-13-11(8)9/h3-7H,2H2,1H3,(H,13,14). The monoisotopic (exact) mass is 217 g/mol. The average Bonchev–Trinajstić information content (AvgIpc) is 2.29. The van der Waals surface area contributed by atoms with Gasteiger partial charge in [-0.15, -0.1) is 0 Å². The van der Waals surface area contributed by atoms with Crippen LogP contribution in [0.2, 0.25) is 0 Å². The number of ether oxygens (including phenoxy) is 1. The molecule has 0 saturated heterocycles. The van der Waals surface area contributed by atoms with Crippen molar-refractivity contribution < 1.29 is 14.6 Å². The summed E-state index contributed by atoms with van der Waals surface area (Å²) in [7, 11) is 0. The molecule has 82 valence electrons. The predicted octanol–water partition coefficient (Wildman–Crippen LogP) is 2.12. The maximum atomic E-state index is 11.6. The molecular weight excluding hydrogens is 206 g/mol. The zero-order valence-corrected chi connectivity index (χ0v) is 8.80. The zero-order chi connectivity index (χ0) is 11.5. The van der Waals surface area contributed by atoms with Gasteiger partial charge in [0, 0.05) is 11.6 Å². The first-order valence-corrected chi connectivity index (χ1v) is 4.98. The fraction of sp³-hybridized carbons (Fsp3) is 0.167. The second-order valence-electron chi connectivity index (χ2n) is 3.25. The van der Waals surface area contributed by atoms with Crippen molar-refractivity contribution in [3.8, 4) is 5.75 Å². The van der Waals surface area contributed by atoms with Crippen molar-refractivity contribution in [3.63, 3.8) is 0 Å². The molecule has 4 heteroatoms. The second-order valence-corrected chi connectivity index (χ2v) is 3.25. The van der Waals surface area contributed by atoms with Crippen molar-refractivity contribution in [1.29, 1.82) is 0 Å². The lowest BCUT2D eigenvalue weighted by Crippen LogP contribution is -2.05. The number of benzene rings is 1. The Morgan fingerprint density at radius 2 is 2.25 bits per heavy atom. The van der Waals surface area contributed by atoms with Gasteiger partial charge in [0.25, 0.3) is 0 Å². The molecule has 2 rings (SSSR count). The van der Waals surface area contributed by atoms with E-state index in [4.69, 9.17) is 4.74 Å². The summed E-state index contributed by atoms with van der Waals surface area (Å²) in [6, 6.07) is 6.51. The van der Waals surface area contributed by atoms with Gasteiger partial charge in [-0.3, -0.25) is 4.98 Å². The van der Waals surface area contributed by atoms with Gasteiger partial charge < -0.3 is 9.84 Å². The normalized spacial score (nSPS) is 10.3. The number of carbonyl (C=O) groups excluding carboxylic acids is 1. The van der Waals surface area contributed by atoms with Crippen LogP contribution in [0.3, 0.4) is 0 Å². The summed E-state index contributed by atoms with van der Waals surface area (Å²) in [5.74, 6) is -0.317. The summed E-state index contributed by atoms with van der Waals surface area (Å²) in [4.78, 5) is 15.7. The van der Waals surface area contributed by atoms with Crippen LogP contribution in [0.4, 0.5) is 0 Å². The summed E-state index contributed by atoms with van der Waals surface area (Å²) in [5, 5.41) is 10.2. The van der Waals surface area contributed by atoms with Crippen molar-refractivity contribution >= 4 is 16.9 Å². The third-order valence-electron chi connectivity index (χ3n) is 2.24. The number of rotatable bonds is 2. The largest absolute Gasteiger partial charge is 0.507 e. The van der Waals surface area contributed by atoms with Crippen LogP contribution in [0.5, 0.6) is 5.75 Å². The maximum Gasteiger partial charge on any atom is 0.340 e. The van der Waals surface area contributed by atoms with E-state index in [9.17, 15) is 9.90 Å². The highest BCUT2D eigenvalue weighted by Crippen LogP contribution is 2.25. The van der Waals surface area contributed by atoms with Gasteiger partial charge in [-0.2, -0.15) is 0 Å². The zero-order valence-electron chi connectivity index (χ0n) is 8.80. The van der Waals surface area contributed by atoms with Gasteiger partial charge >= 0.3 is 5.97 Å². The van der Waals surface area contributed by atoms with Gasteiger partial charge in [0.1, 0.15) is 5.75 Å². The lowest BCUT2D eigenvalue weighted by atomic mass is 10.1. The molecule has 0 spiro atoms. The molecule has 0 amide bonds. The van der Waals surface area contributed by atoms with Crippen molar-refractivity contribution in [1.82, 2.24) is 4.98 Å². The molecule has 4 nitrogen and oxygen atoms in total. The van der Waals surface area contributed by atoms with Gasteiger partial charge in [-0.1, -0.05) is 6.07 Å². The van der Waals surface area contributed by atoms with Gasteiger partial charge in [-0.05, 0) is 25.1 Å². The van der Waals surface area contributed by atoms with Crippen molar-refractivity contribution in [2.24, 2.45) is 0 Å². The number of hydrogen-bond acceptors (Lipinski definition) is 4. The van der Waals surface area contributed by atoms with Gasteiger partial charge in [0.15, 0.2) is 0 Å². The number of carbonyl (C=O) groups is 1. The molecule has 1 N–H and O–H groups in total. The van der Waals surface area contributed by atoms with E-state index < -0.39 is 5.97 Å². The van der Waals surface area contributed by atoms with Crippen LogP contribution in [0, 0.1) is 0 Å². The van der Waals surface area contributed by atoms with E-state index >= 15 is 0 Å². The van der Waals surface area contributed by atoms with Crippen molar-refractivity contribution in [2.45, 2.75) is 6.92 Å². The van der Waals surface area contributed by atoms with Crippen LogP contribution in [-0.2, 0) is 4.74 Å². The Kier molecular flexibility index (Phi) is 2.72. The number of pyridine rings is 1. The van der Waals surface area contributed by atoms with Gasteiger partial charge in [-0.25, -0.2) is 4.79 Å². The molecule has 1 heterocycles. The van der Waals surface area contributed by atoms with Crippen LogP contribution < -0.4 is 0 Å². The summed E-state index contributed by atoms with van der Waals surface area (Å²) in [6.45, 7) is 2.06. The molecule has 0 aliphatic carbocycles. The lowest BCUT2D eigenvalue weighted by Gasteiger charge is -2.05. The first-order chi connectivity index (χ1) is 7.74. The summed E-state index contributed by atoms with van der Waals surface area (Å²) >= 11 is 0. The lowest BCUT2D eigenvalue weighted by molar-refractivity contribution is 0.0528. The van der Waals surface area contributed by atoms with E-state index in [0.29, 0.717) is 23.1 Å². The van der Waals surface area contributed by atoms with Crippen molar-refractivity contribution in [2.75, 3.05) is 6.61 Å². The second kappa shape index (κ2) is 4.18. The Morgan fingerprint density at radius 3 is 3.00 bits per heavy atom. The maximum absolute atomic E-state index is 11.6. The first-order valence-electron chi connectivity index (χ1n) is 4.98. The van der Waals surface area contributed by atoms with E-state index in [1.807, 2.05) is 0 Å². The minimum absolute atomic E-state index is 0.108. The summed E-state index contributed by atoms with van der Waals surface area (Å²) < 4.78 is 4.92. The Balaban J connectivity index is 2.62. The highest BCUT2D eigenvalue weighted by Gasteiger charge is 2.12. The van der Waals surface area contributed by atoms with Crippen LogP contribution in [-0.4, -0.2) is 22.7 Å². The summed E-state index contributed by atoms with van der Waals surface area (Å²) in [6.07, 6.45) is 1.46. The molecule has 0 unspecified atom stereocenters. The SMILES string of the molecule is CCOC(=O)c1cccc2c(O)ccnc12. The topological polar surface area (TPSA) is 59.4 Å². The molecule has 1 aromatic carbocycles. The fourth-order valence-electron chi connectivity index (χ4n) is 1.54. The van der Waals surface area contributed by atoms with Crippen molar-refractivity contribution in [3.05, 3.63) is 36.0 Å². The first kappa shape index (κ1) is 10.4. The number of aromatic hydroxyl groups is 1. The van der Waals surface area contributed by atoms with E-state index in [0.717, 1.165) is 0 Å². The molecule has 0 aliphatic rings. The highest BCUT2D eigenvalue weighted by atomic mass is 16.5. The highest BCUT2D eigenvalue weighted by molar-refractivity contribution is 6.04. The van der Waals surface area contributed by atoms with Crippen LogP contribution in [0.25, 0.3) is 10.9 Å². The number of esters is 1. The number of para-hydroxylation sites is 1. The molecule has 0 fully saturated rings. The third kappa shape index (κ3) is 1.69. The Hall–Kier alpha value is -2.10. The fourth-order valence-corrected chi connectivity index (χ4v) is 1.54. The summed E-state index contributed by atoms with van der Waals surface area (Å²) in [5.41, 5.74) is 0.830. The number of nitrogens with zero attached hydrogens (tertiary/aromatic N) is 1. The number of fused-ring (bicyclic) bond motifs is 1.